The predicted octanol–water partition coefficient (Wildman–Crippen LogP) is 3.91. The van der Waals surface area contributed by atoms with Crippen molar-refractivity contribution >= 4 is 11.6 Å². The number of carbonyl (C=O) groups is 1. The third kappa shape index (κ3) is 4.12. The maximum atomic E-state index is 12.7. The van der Waals surface area contributed by atoms with Gasteiger partial charge < -0.3 is 10.6 Å². The molecule has 4 heteroatoms. The van der Waals surface area contributed by atoms with Crippen LogP contribution in [-0.4, -0.2) is 29.4 Å². The summed E-state index contributed by atoms with van der Waals surface area (Å²) < 4.78 is 0. The van der Waals surface area contributed by atoms with Gasteiger partial charge in [-0.1, -0.05) is 26.0 Å². The molecule has 2 bridgehead atoms. The molecule has 1 aromatic rings. The summed E-state index contributed by atoms with van der Waals surface area (Å²) in [4.78, 5) is 15.2. The smallest absolute Gasteiger partial charge is 0.224 e. The molecule has 4 nitrogen and oxygen atoms in total. The fraction of sp³-hybridized carbons (Fsp3) is 0.682. The van der Waals surface area contributed by atoms with Crippen LogP contribution < -0.4 is 10.6 Å². The van der Waals surface area contributed by atoms with Crippen LogP contribution in [0.5, 0.6) is 0 Å². The first-order valence-corrected chi connectivity index (χ1v) is 10.5. The van der Waals surface area contributed by atoms with Gasteiger partial charge in [-0.15, -0.1) is 0 Å². The molecule has 3 aliphatic heterocycles. The summed E-state index contributed by atoms with van der Waals surface area (Å²) >= 11 is 0. The molecule has 3 heterocycles. The maximum Gasteiger partial charge on any atom is 0.224 e. The molecule has 142 valence electrons. The summed E-state index contributed by atoms with van der Waals surface area (Å²) in [5, 5.41) is 6.90. The molecule has 2 N–H and O–H groups in total. The molecule has 0 aromatic heterocycles. The second-order valence-corrected chi connectivity index (χ2v) is 9.06. The summed E-state index contributed by atoms with van der Waals surface area (Å²) in [6, 6.07) is 7.69. The van der Waals surface area contributed by atoms with Crippen LogP contribution in [0.3, 0.4) is 0 Å². The number of fused-ring (bicyclic) bond motifs is 3. The van der Waals surface area contributed by atoms with Gasteiger partial charge in [0.05, 0.1) is 0 Å². The van der Waals surface area contributed by atoms with Gasteiger partial charge in [0.15, 0.2) is 0 Å². The number of nitrogens with zero attached hydrogens (tertiary/aromatic N) is 1. The summed E-state index contributed by atoms with van der Waals surface area (Å²) in [6.45, 7) is 7.68. The highest BCUT2D eigenvalue weighted by Gasteiger charge is 2.34. The molecule has 0 aliphatic carbocycles. The molecule has 1 amide bonds. The number of carbonyl (C=O) groups excluding carboxylic acids is 1. The van der Waals surface area contributed by atoms with Crippen LogP contribution in [0.4, 0.5) is 5.69 Å². The highest BCUT2D eigenvalue weighted by atomic mass is 16.1. The van der Waals surface area contributed by atoms with Gasteiger partial charge in [0.2, 0.25) is 5.91 Å². The van der Waals surface area contributed by atoms with E-state index in [9.17, 15) is 4.79 Å². The zero-order valence-electron chi connectivity index (χ0n) is 16.3. The lowest BCUT2D eigenvalue weighted by Gasteiger charge is -2.28. The Balaban J connectivity index is 1.34. The largest absolute Gasteiger partial charge is 0.326 e. The van der Waals surface area contributed by atoms with E-state index in [2.05, 4.69) is 47.6 Å². The average molecular weight is 356 g/mol. The molecule has 0 radical (unpaired) electrons. The zero-order valence-corrected chi connectivity index (χ0v) is 16.3. The second-order valence-electron chi connectivity index (χ2n) is 9.06. The molecule has 3 aliphatic rings. The van der Waals surface area contributed by atoms with Crippen LogP contribution >= 0.6 is 0 Å². The first-order chi connectivity index (χ1) is 12.6. The van der Waals surface area contributed by atoms with Crippen LogP contribution in [0.15, 0.2) is 18.2 Å². The third-order valence-corrected chi connectivity index (χ3v) is 6.39. The molecule has 4 rings (SSSR count). The van der Waals surface area contributed by atoms with E-state index in [-0.39, 0.29) is 5.91 Å². The molecule has 2 atom stereocenters. The summed E-state index contributed by atoms with van der Waals surface area (Å²) in [5.41, 5.74) is 3.75. The first-order valence-electron chi connectivity index (χ1n) is 10.5. The quantitative estimate of drug-likeness (QED) is 0.813. The molecule has 2 saturated heterocycles. The van der Waals surface area contributed by atoms with E-state index < -0.39 is 0 Å². The number of amides is 1. The van der Waals surface area contributed by atoms with Gasteiger partial charge in [-0.25, -0.2) is 0 Å². The van der Waals surface area contributed by atoms with Crippen LogP contribution in [0, 0.1) is 11.8 Å². The Labute approximate surface area is 157 Å². The second kappa shape index (κ2) is 7.69. The normalized spacial score (nSPS) is 27.7. The lowest BCUT2D eigenvalue weighted by molar-refractivity contribution is -0.117. The standard InChI is InChI=1S/C22H33N3O/c1-15(2)8-9-25-13-17-4-3-5-21(20(17)14-25)24-22(26)12-16-10-18-6-7-19(11-16)23-18/h3-5,15-16,18-19,23H,6-14H2,1-2H3,(H,24,26). The zero-order chi connectivity index (χ0) is 18.1. The molecule has 0 spiro atoms. The van der Waals surface area contributed by atoms with Crippen molar-refractivity contribution in [3.63, 3.8) is 0 Å². The average Bonchev–Trinajstić information content (AvgIpc) is 3.16. The van der Waals surface area contributed by atoms with Crippen molar-refractivity contribution in [2.45, 2.75) is 77.5 Å². The fourth-order valence-corrected chi connectivity index (χ4v) is 5.01. The van der Waals surface area contributed by atoms with Crippen LogP contribution in [-0.2, 0) is 17.9 Å². The van der Waals surface area contributed by atoms with E-state index in [4.69, 9.17) is 0 Å². The SMILES string of the molecule is CC(C)CCN1Cc2cccc(NC(=O)CC3CC4CCC(C3)N4)c2C1. The fourth-order valence-electron chi connectivity index (χ4n) is 5.01. The van der Waals surface area contributed by atoms with Gasteiger partial charge >= 0.3 is 0 Å². The van der Waals surface area contributed by atoms with Crippen molar-refractivity contribution in [3.8, 4) is 0 Å². The molecular formula is C22H33N3O. The lowest BCUT2D eigenvalue weighted by atomic mass is 9.89. The Morgan fingerprint density at radius 3 is 2.73 bits per heavy atom. The highest BCUT2D eigenvalue weighted by molar-refractivity contribution is 5.92. The number of hydrogen-bond donors (Lipinski definition) is 2. The third-order valence-electron chi connectivity index (χ3n) is 6.39. The Morgan fingerprint density at radius 2 is 2.00 bits per heavy atom. The highest BCUT2D eigenvalue weighted by Crippen LogP contribution is 2.34. The number of hydrogen-bond acceptors (Lipinski definition) is 3. The Bertz CT molecular complexity index is 645. The van der Waals surface area contributed by atoms with Gasteiger partial charge in [0, 0.05) is 37.3 Å². The van der Waals surface area contributed by atoms with Crippen LogP contribution in [0.1, 0.15) is 63.5 Å². The number of rotatable bonds is 6. The summed E-state index contributed by atoms with van der Waals surface area (Å²) in [5.74, 6) is 1.48. The Hall–Kier alpha value is -1.39. The van der Waals surface area contributed by atoms with Crippen molar-refractivity contribution in [3.05, 3.63) is 29.3 Å². The number of nitrogens with one attached hydrogen (secondary N) is 2. The molecule has 2 fully saturated rings. The van der Waals surface area contributed by atoms with Gasteiger partial charge in [0.25, 0.3) is 0 Å². The molecule has 1 aromatic carbocycles. The van der Waals surface area contributed by atoms with Crippen molar-refractivity contribution in [2.24, 2.45) is 11.8 Å². The predicted molar refractivity (Wildman–Crippen MR) is 106 cm³/mol. The minimum atomic E-state index is 0.199. The van der Waals surface area contributed by atoms with E-state index >= 15 is 0 Å². The first kappa shape index (κ1) is 18.0. The van der Waals surface area contributed by atoms with Crippen LogP contribution in [0.25, 0.3) is 0 Å². The van der Waals surface area contributed by atoms with E-state index in [1.165, 1.54) is 43.2 Å². The number of anilines is 1. The van der Waals surface area contributed by atoms with Crippen LogP contribution in [0.2, 0.25) is 0 Å². The maximum absolute atomic E-state index is 12.7. The minimum Gasteiger partial charge on any atom is -0.326 e. The lowest BCUT2D eigenvalue weighted by Crippen LogP contribution is -2.39. The van der Waals surface area contributed by atoms with Gasteiger partial charge in [-0.2, -0.15) is 0 Å². The Morgan fingerprint density at radius 1 is 1.23 bits per heavy atom. The van der Waals surface area contributed by atoms with Crippen molar-refractivity contribution in [1.82, 2.24) is 10.2 Å². The van der Waals surface area contributed by atoms with Gasteiger partial charge in [-0.05, 0) is 67.7 Å². The van der Waals surface area contributed by atoms with Gasteiger partial charge in [0.1, 0.15) is 0 Å². The monoisotopic (exact) mass is 355 g/mol. The van der Waals surface area contributed by atoms with Crippen molar-refractivity contribution < 1.29 is 4.79 Å². The molecule has 0 saturated carbocycles. The topological polar surface area (TPSA) is 44.4 Å². The minimum absolute atomic E-state index is 0.199. The molecule has 2 unspecified atom stereocenters. The summed E-state index contributed by atoms with van der Waals surface area (Å²) in [7, 11) is 0. The van der Waals surface area contributed by atoms with Crippen molar-refractivity contribution in [2.75, 3.05) is 11.9 Å². The number of piperidine rings is 1. The van der Waals surface area contributed by atoms with Gasteiger partial charge in [-0.3, -0.25) is 9.69 Å². The van der Waals surface area contributed by atoms with E-state index in [0.717, 1.165) is 31.2 Å². The van der Waals surface area contributed by atoms with Crippen molar-refractivity contribution in [1.29, 1.82) is 0 Å². The van der Waals surface area contributed by atoms with E-state index in [0.29, 0.717) is 24.4 Å². The number of benzene rings is 1. The van der Waals surface area contributed by atoms with E-state index in [1.54, 1.807) is 0 Å². The Kier molecular flexibility index (Phi) is 5.32. The van der Waals surface area contributed by atoms with E-state index in [1.807, 2.05) is 0 Å². The summed E-state index contributed by atoms with van der Waals surface area (Å²) in [6.07, 6.45) is 6.82. The molecular weight excluding hydrogens is 322 g/mol. The molecule has 26 heavy (non-hydrogen) atoms.